The summed E-state index contributed by atoms with van der Waals surface area (Å²) in [4.78, 5) is 0. The van der Waals surface area contributed by atoms with Crippen molar-refractivity contribution in [1.29, 1.82) is 0 Å². The molecule has 1 heterocycles. The standard InChI is InChI=1S/C24H46O5/c1-2-3-4-5-6-7-8-9-10-11-12-13-14-15-16-17-18-28-19-22(26)24-23(27)21(25)20-29-24/h5-6,21-27H,2-4,7-20H2,1H3/b6-5+/t21-,22+,23+,24+/m1/s1. The van der Waals surface area contributed by atoms with Gasteiger partial charge in [0.1, 0.15) is 24.4 Å². The fraction of sp³-hybridized carbons (Fsp3) is 0.917. The summed E-state index contributed by atoms with van der Waals surface area (Å²) in [6.45, 7) is 3.07. The summed E-state index contributed by atoms with van der Waals surface area (Å²) in [6.07, 6.45) is 19.0. The lowest BCUT2D eigenvalue weighted by Gasteiger charge is -2.20. The number of hydrogen-bond acceptors (Lipinski definition) is 5. The molecule has 1 fully saturated rings. The van der Waals surface area contributed by atoms with E-state index in [0.717, 1.165) is 12.8 Å². The first-order valence-electron chi connectivity index (χ1n) is 12.0. The predicted octanol–water partition coefficient (Wildman–Crippen LogP) is 4.52. The van der Waals surface area contributed by atoms with E-state index in [-0.39, 0.29) is 13.2 Å². The van der Waals surface area contributed by atoms with Gasteiger partial charge in [-0.15, -0.1) is 0 Å². The Balaban J connectivity index is 1.76. The van der Waals surface area contributed by atoms with Gasteiger partial charge >= 0.3 is 0 Å². The SMILES string of the molecule is CCCC/C=C/CCCCCCCCCCCCOC[C@H](O)[C@@H]1OC[C@@H](O)[C@@H]1O. The molecular formula is C24H46O5. The van der Waals surface area contributed by atoms with Crippen molar-refractivity contribution in [1.82, 2.24) is 0 Å². The largest absolute Gasteiger partial charge is 0.388 e. The van der Waals surface area contributed by atoms with E-state index >= 15 is 0 Å². The average Bonchev–Trinajstić information content (AvgIpc) is 3.05. The quantitative estimate of drug-likeness (QED) is 0.214. The molecule has 1 rings (SSSR count). The van der Waals surface area contributed by atoms with Crippen LogP contribution < -0.4 is 0 Å². The number of allylic oxidation sites excluding steroid dienone is 2. The molecule has 0 bridgehead atoms. The monoisotopic (exact) mass is 414 g/mol. The molecule has 5 nitrogen and oxygen atoms in total. The fourth-order valence-corrected chi connectivity index (χ4v) is 3.70. The third-order valence-corrected chi connectivity index (χ3v) is 5.66. The maximum Gasteiger partial charge on any atom is 0.114 e. The van der Waals surface area contributed by atoms with Gasteiger partial charge in [-0.1, -0.05) is 83.3 Å². The lowest BCUT2D eigenvalue weighted by atomic mass is 10.1. The molecule has 0 spiro atoms. The molecule has 0 unspecified atom stereocenters. The highest BCUT2D eigenvalue weighted by molar-refractivity contribution is 4.87. The Morgan fingerprint density at radius 3 is 1.97 bits per heavy atom. The van der Waals surface area contributed by atoms with E-state index in [4.69, 9.17) is 9.47 Å². The number of unbranched alkanes of at least 4 members (excludes halogenated alkanes) is 12. The van der Waals surface area contributed by atoms with E-state index in [1.54, 1.807) is 0 Å². The highest BCUT2D eigenvalue weighted by Gasteiger charge is 2.39. The Morgan fingerprint density at radius 1 is 0.862 bits per heavy atom. The minimum absolute atomic E-state index is 0.0688. The predicted molar refractivity (Wildman–Crippen MR) is 118 cm³/mol. The third-order valence-electron chi connectivity index (χ3n) is 5.66. The number of rotatable bonds is 19. The minimum atomic E-state index is -1.03. The van der Waals surface area contributed by atoms with Crippen molar-refractivity contribution in [2.45, 2.75) is 121 Å². The van der Waals surface area contributed by atoms with Crippen LogP contribution in [-0.4, -0.2) is 59.6 Å². The van der Waals surface area contributed by atoms with E-state index < -0.39 is 24.4 Å². The van der Waals surface area contributed by atoms with Crippen molar-refractivity contribution in [3.05, 3.63) is 12.2 Å². The Labute approximate surface area is 178 Å². The van der Waals surface area contributed by atoms with Crippen LogP contribution in [0.15, 0.2) is 12.2 Å². The second kappa shape index (κ2) is 18.3. The Kier molecular flexibility index (Phi) is 16.8. The van der Waals surface area contributed by atoms with Crippen molar-refractivity contribution >= 4 is 0 Å². The summed E-state index contributed by atoms with van der Waals surface area (Å²) in [6, 6.07) is 0. The molecule has 29 heavy (non-hydrogen) atoms. The lowest BCUT2D eigenvalue weighted by Crippen LogP contribution is -2.40. The van der Waals surface area contributed by atoms with Gasteiger partial charge in [-0.3, -0.25) is 0 Å². The topological polar surface area (TPSA) is 79.2 Å². The molecule has 4 atom stereocenters. The summed E-state index contributed by atoms with van der Waals surface area (Å²) in [5, 5.41) is 29.0. The number of aliphatic hydroxyl groups is 3. The van der Waals surface area contributed by atoms with Gasteiger partial charge in [0.05, 0.1) is 13.2 Å². The van der Waals surface area contributed by atoms with Gasteiger partial charge in [0, 0.05) is 6.61 Å². The Morgan fingerprint density at radius 2 is 1.41 bits per heavy atom. The molecule has 1 saturated heterocycles. The summed E-state index contributed by atoms with van der Waals surface area (Å²) in [7, 11) is 0. The maximum absolute atomic E-state index is 9.95. The minimum Gasteiger partial charge on any atom is -0.388 e. The zero-order valence-corrected chi connectivity index (χ0v) is 18.6. The molecule has 1 aliphatic rings. The second-order valence-corrected chi connectivity index (χ2v) is 8.44. The van der Waals surface area contributed by atoms with E-state index in [2.05, 4.69) is 19.1 Å². The van der Waals surface area contributed by atoms with Gasteiger partial charge in [-0.2, -0.15) is 0 Å². The van der Waals surface area contributed by atoms with Crippen LogP contribution in [0, 0.1) is 0 Å². The van der Waals surface area contributed by atoms with E-state index in [1.165, 1.54) is 77.0 Å². The van der Waals surface area contributed by atoms with Gasteiger partial charge in [-0.05, 0) is 25.7 Å². The smallest absolute Gasteiger partial charge is 0.114 e. The van der Waals surface area contributed by atoms with Crippen LogP contribution in [-0.2, 0) is 9.47 Å². The van der Waals surface area contributed by atoms with E-state index in [9.17, 15) is 15.3 Å². The molecule has 0 aromatic heterocycles. The van der Waals surface area contributed by atoms with E-state index in [1.807, 2.05) is 0 Å². The van der Waals surface area contributed by atoms with Crippen LogP contribution in [0.25, 0.3) is 0 Å². The molecule has 3 N–H and O–H groups in total. The number of hydrogen-bond donors (Lipinski definition) is 3. The zero-order valence-electron chi connectivity index (χ0n) is 18.6. The first-order valence-corrected chi connectivity index (χ1v) is 12.0. The van der Waals surface area contributed by atoms with Crippen LogP contribution >= 0.6 is 0 Å². The Hall–Kier alpha value is -0.460. The first kappa shape index (κ1) is 26.6. The normalized spacial score (nSPS) is 23.2. The third kappa shape index (κ3) is 13.5. The lowest BCUT2D eigenvalue weighted by molar-refractivity contribution is -0.0813. The molecular weight excluding hydrogens is 368 g/mol. The summed E-state index contributed by atoms with van der Waals surface area (Å²) >= 11 is 0. The van der Waals surface area contributed by atoms with Crippen LogP contribution in [0.1, 0.15) is 96.8 Å². The molecule has 1 aliphatic heterocycles. The first-order chi connectivity index (χ1) is 14.2. The molecule has 0 amide bonds. The summed E-state index contributed by atoms with van der Waals surface area (Å²) in [5.74, 6) is 0. The van der Waals surface area contributed by atoms with Crippen molar-refractivity contribution in [2.24, 2.45) is 0 Å². The summed E-state index contributed by atoms with van der Waals surface area (Å²) < 4.78 is 10.7. The maximum atomic E-state index is 9.95. The average molecular weight is 415 g/mol. The van der Waals surface area contributed by atoms with Crippen LogP contribution in [0.2, 0.25) is 0 Å². The molecule has 0 aromatic rings. The molecule has 0 radical (unpaired) electrons. The second-order valence-electron chi connectivity index (χ2n) is 8.44. The molecule has 0 aromatic carbocycles. The van der Waals surface area contributed by atoms with E-state index in [0.29, 0.717) is 6.61 Å². The zero-order chi connectivity index (χ0) is 21.2. The van der Waals surface area contributed by atoms with Crippen LogP contribution in [0.5, 0.6) is 0 Å². The molecule has 172 valence electrons. The van der Waals surface area contributed by atoms with Crippen molar-refractivity contribution in [2.75, 3.05) is 19.8 Å². The highest BCUT2D eigenvalue weighted by Crippen LogP contribution is 2.18. The van der Waals surface area contributed by atoms with Crippen molar-refractivity contribution < 1.29 is 24.8 Å². The molecule has 0 aliphatic carbocycles. The van der Waals surface area contributed by atoms with Gasteiger partial charge in [0.25, 0.3) is 0 Å². The van der Waals surface area contributed by atoms with Gasteiger partial charge < -0.3 is 24.8 Å². The number of aliphatic hydroxyl groups excluding tert-OH is 3. The summed E-state index contributed by atoms with van der Waals surface area (Å²) in [5.41, 5.74) is 0. The molecule has 5 heteroatoms. The fourth-order valence-electron chi connectivity index (χ4n) is 3.70. The van der Waals surface area contributed by atoms with Crippen molar-refractivity contribution in [3.8, 4) is 0 Å². The van der Waals surface area contributed by atoms with Crippen LogP contribution in [0.3, 0.4) is 0 Å². The van der Waals surface area contributed by atoms with Crippen LogP contribution in [0.4, 0.5) is 0 Å². The van der Waals surface area contributed by atoms with Gasteiger partial charge in [-0.25, -0.2) is 0 Å². The van der Waals surface area contributed by atoms with Crippen molar-refractivity contribution in [3.63, 3.8) is 0 Å². The van der Waals surface area contributed by atoms with Gasteiger partial charge in [0.15, 0.2) is 0 Å². The Bertz CT molecular complexity index is 387. The number of ether oxygens (including phenoxy) is 2. The van der Waals surface area contributed by atoms with Gasteiger partial charge in [0.2, 0.25) is 0 Å². The highest BCUT2D eigenvalue weighted by atomic mass is 16.5. The molecule has 0 saturated carbocycles.